The molecule has 0 bridgehead atoms. The molecule has 3 nitrogen and oxygen atoms in total. The Hall–Kier alpha value is -0.120. The van der Waals surface area contributed by atoms with Crippen molar-refractivity contribution >= 4 is 0 Å². The van der Waals surface area contributed by atoms with E-state index < -0.39 is 0 Å². The molecule has 0 aromatic carbocycles. The van der Waals surface area contributed by atoms with E-state index in [9.17, 15) is 0 Å². The summed E-state index contributed by atoms with van der Waals surface area (Å²) in [6.45, 7) is 16.0. The predicted molar refractivity (Wildman–Crippen MR) is 70.6 cm³/mol. The molecule has 0 radical (unpaired) electrons. The van der Waals surface area contributed by atoms with E-state index in [2.05, 4.69) is 44.4 Å². The minimum absolute atomic E-state index is 0.308. The highest BCUT2D eigenvalue weighted by Crippen LogP contribution is 2.17. The molecule has 0 amide bonds. The van der Waals surface area contributed by atoms with Gasteiger partial charge in [0.15, 0.2) is 0 Å². The zero-order valence-corrected chi connectivity index (χ0v) is 11.7. The number of nitrogens with two attached hydrogens (primary N) is 1. The van der Waals surface area contributed by atoms with Gasteiger partial charge < -0.3 is 5.73 Å². The predicted octanol–water partition coefficient (Wildman–Crippen LogP) is 1.53. The van der Waals surface area contributed by atoms with Crippen molar-refractivity contribution in [3.8, 4) is 0 Å². The van der Waals surface area contributed by atoms with Crippen LogP contribution in [-0.4, -0.2) is 53.6 Å². The zero-order chi connectivity index (χ0) is 12.3. The summed E-state index contributed by atoms with van der Waals surface area (Å²) < 4.78 is 0. The van der Waals surface area contributed by atoms with E-state index in [0.29, 0.717) is 17.6 Å². The minimum Gasteiger partial charge on any atom is -0.326 e. The summed E-state index contributed by atoms with van der Waals surface area (Å²) in [6.07, 6.45) is 1.07. The first kappa shape index (κ1) is 13.9. The molecular weight excluding hydrogens is 198 g/mol. The summed E-state index contributed by atoms with van der Waals surface area (Å²) in [5.74, 6) is 0. The van der Waals surface area contributed by atoms with E-state index in [4.69, 9.17) is 5.73 Å². The first-order valence-corrected chi connectivity index (χ1v) is 6.61. The van der Waals surface area contributed by atoms with Crippen molar-refractivity contribution in [3.63, 3.8) is 0 Å². The van der Waals surface area contributed by atoms with Gasteiger partial charge in [-0.05, 0) is 34.1 Å². The summed E-state index contributed by atoms with van der Waals surface area (Å²) in [5.41, 5.74) is 6.42. The standard InChI is InChI=1S/C13H29N3/c1-6-12(14)11(2)15-7-9-16(10-8-15)13(3,4)5/h11-12H,6-10,14H2,1-5H3. The van der Waals surface area contributed by atoms with Crippen LogP contribution in [0.4, 0.5) is 0 Å². The van der Waals surface area contributed by atoms with E-state index in [1.807, 2.05) is 0 Å². The summed E-state index contributed by atoms with van der Waals surface area (Å²) in [4.78, 5) is 5.10. The van der Waals surface area contributed by atoms with Gasteiger partial charge in [-0.2, -0.15) is 0 Å². The smallest absolute Gasteiger partial charge is 0.0219 e. The maximum Gasteiger partial charge on any atom is 0.0219 e. The third-order valence-corrected chi connectivity index (χ3v) is 3.93. The van der Waals surface area contributed by atoms with Gasteiger partial charge in [0, 0.05) is 43.8 Å². The number of hydrogen-bond acceptors (Lipinski definition) is 3. The summed E-state index contributed by atoms with van der Waals surface area (Å²) >= 11 is 0. The SMILES string of the molecule is CCC(N)C(C)N1CCN(C(C)(C)C)CC1. The second-order valence-electron chi connectivity index (χ2n) is 6.01. The highest BCUT2D eigenvalue weighted by Gasteiger charge is 2.28. The van der Waals surface area contributed by atoms with Crippen LogP contribution in [0.3, 0.4) is 0 Å². The lowest BCUT2D eigenvalue weighted by Crippen LogP contribution is -2.57. The highest BCUT2D eigenvalue weighted by molar-refractivity contribution is 4.86. The van der Waals surface area contributed by atoms with Crippen molar-refractivity contribution in [2.45, 2.75) is 58.7 Å². The van der Waals surface area contributed by atoms with E-state index in [-0.39, 0.29) is 0 Å². The molecule has 3 heteroatoms. The van der Waals surface area contributed by atoms with E-state index in [1.54, 1.807) is 0 Å². The van der Waals surface area contributed by atoms with Gasteiger partial charge >= 0.3 is 0 Å². The van der Waals surface area contributed by atoms with Gasteiger partial charge in [0.25, 0.3) is 0 Å². The molecule has 1 heterocycles. The van der Waals surface area contributed by atoms with Gasteiger partial charge in [-0.3, -0.25) is 9.80 Å². The Balaban J connectivity index is 2.43. The Kier molecular flexibility index (Phi) is 4.77. The monoisotopic (exact) mass is 227 g/mol. The lowest BCUT2D eigenvalue weighted by Gasteiger charge is -2.45. The molecule has 0 aromatic heterocycles. The molecule has 1 aliphatic heterocycles. The van der Waals surface area contributed by atoms with Gasteiger partial charge in [0.2, 0.25) is 0 Å². The van der Waals surface area contributed by atoms with Crippen LogP contribution in [0.2, 0.25) is 0 Å². The van der Waals surface area contributed by atoms with Crippen LogP contribution < -0.4 is 5.73 Å². The van der Waals surface area contributed by atoms with Crippen molar-refractivity contribution in [1.29, 1.82) is 0 Å². The zero-order valence-electron chi connectivity index (χ0n) is 11.7. The van der Waals surface area contributed by atoms with E-state index in [1.165, 1.54) is 13.1 Å². The van der Waals surface area contributed by atoms with Crippen LogP contribution in [0.1, 0.15) is 41.0 Å². The maximum atomic E-state index is 6.11. The quantitative estimate of drug-likeness (QED) is 0.793. The fourth-order valence-electron chi connectivity index (χ4n) is 2.41. The van der Waals surface area contributed by atoms with Crippen LogP contribution in [-0.2, 0) is 0 Å². The van der Waals surface area contributed by atoms with Crippen molar-refractivity contribution in [3.05, 3.63) is 0 Å². The van der Waals surface area contributed by atoms with Crippen molar-refractivity contribution in [2.24, 2.45) is 5.73 Å². The average Bonchev–Trinajstić information content (AvgIpc) is 2.26. The normalized spacial score (nSPS) is 24.4. The number of nitrogens with zero attached hydrogens (tertiary/aromatic N) is 2. The van der Waals surface area contributed by atoms with Gasteiger partial charge in [-0.25, -0.2) is 0 Å². The molecule has 1 fully saturated rings. The Morgan fingerprint density at radius 2 is 1.62 bits per heavy atom. The second-order valence-corrected chi connectivity index (χ2v) is 6.01. The lowest BCUT2D eigenvalue weighted by molar-refractivity contribution is 0.0400. The molecule has 0 aliphatic carbocycles. The molecule has 2 unspecified atom stereocenters. The number of rotatable bonds is 3. The first-order chi connectivity index (χ1) is 7.36. The van der Waals surface area contributed by atoms with Gasteiger partial charge in [-0.15, -0.1) is 0 Å². The Morgan fingerprint density at radius 3 is 2.00 bits per heavy atom. The topological polar surface area (TPSA) is 32.5 Å². The molecule has 96 valence electrons. The first-order valence-electron chi connectivity index (χ1n) is 6.61. The fourth-order valence-corrected chi connectivity index (χ4v) is 2.41. The highest BCUT2D eigenvalue weighted by atomic mass is 15.3. The lowest BCUT2D eigenvalue weighted by atomic mass is 10.0. The van der Waals surface area contributed by atoms with Gasteiger partial charge in [0.05, 0.1) is 0 Å². The van der Waals surface area contributed by atoms with Crippen molar-refractivity contribution in [1.82, 2.24) is 9.80 Å². The molecule has 0 saturated carbocycles. The van der Waals surface area contributed by atoms with Crippen LogP contribution in [0.15, 0.2) is 0 Å². The molecule has 0 spiro atoms. The largest absolute Gasteiger partial charge is 0.326 e. The van der Waals surface area contributed by atoms with Crippen LogP contribution in [0, 0.1) is 0 Å². The summed E-state index contributed by atoms with van der Waals surface area (Å²) in [5, 5.41) is 0. The molecule has 2 N–H and O–H groups in total. The maximum absolute atomic E-state index is 6.11. The molecule has 1 aliphatic rings. The van der Waals surface area contributed by atoms with E-state index in [0.717, 1.165) is 19.5 Å². The van der Waals surface area contributed by atoms with Crippen LogP contribution in [0.5, 0.6) is 0 Å². The Bertz CT molecular complexity index is 202. The molecule has 1 saturated heterocycles. The molecule has 16 heavy (non-hydrogen) atoms. The third-order valence-electron chi connectivity index (χ3n) is 3.93. The summed E-state index contributed by atoms with van der Waals surface area (Å²) in [6, 6.07) is 0.841. The number of hydrogen-bond donors (Lipinski definition) is 1. The summed E-state index contributed by atoms with van der Waals surface area (Å²) in [7, 11) is 0. The second kappa shape index (κ2) is 5.48. The van der Waals surface area contributed by atoms with Crippen molar-refractivity contribution in [2.75, 3.05) is 26.2 Å². The minimum atomic E-state index is 0.308. The average molecular weight is 227 g/mol. The number of piperazine rings is 1. The van der Waals surface area contributed by atoms with Gasteiger partial charge in [0.1, 0.15) is 0 Å². The van der Waals surface area contributed by atoms with E-state index >= 15 is 0 Å². The molecule has 0 aromatic rings. The Labute approximate surface area is 101 Å². The van der Waals surface area contributed by atoms with Crippen LogP contribution in [0.25, 0.3) is 0 Å². The van der Waals surface area contributed by atoms with Crippen molar-refractivity contribution < 1.29 is 0 Å². The molecule has 1 rings (SSSR count). The molecule has 2 atom stereocenters. The fraction of sp³-hybridized carbons (Fsp3) is 1.00. The Morgan fingerprint density at radius 1 is 1.12 bits per heavy atom. The van der Waals surface area contributed by atoms with Gasteiger partial charge in [-0.1, -0.05) is 6.92 Å². The van der Waals surface area contributed by atoms with Crippen LogP contribution >= 0.6 is 0 Å². The third kappa shape index (κ3) is 3.44. The molecular formula is C13H29N3.